The summed E-state index contributed by atoms with van der Waals surface area (Å²) in [4.78, 5) is 0. The van der Waals surface area contributed by atoms with Crippen LogP contribution in [0.3, 0.4) is 0 Å². The van der Waals surface area contributed by atoms with Crippen LogP contribution in [0.25, 0.3) is 0 Å². The Morgan fingerprint density at radius 3 is 2.85 bits per heavy atom. The zero-order chi connectivity index (χ0) is 9.84. The lowest BCUT2D eigenvalue weighted by molar-refractivity contribution is 0.390. The average molecular weight is 246 g/mol. The van der Waals surface area contributed by atoms with Gasteiger partial charge in [-0.2, -0.15) is 0 Å². The highest BCUT2D eigenvalue weighted by molar-refractivity contribution is 9.10. The van der Waals surface area contributed by atoms with E-state index in [1.165, 1.54) is 13.2 Å². The largest absolute Gasteiger partial charge is 0.484 e. The van der Waals surface area contributed by atoms with Crippen LogP contribution >= 0.6 is 15.9 Å². The first-order valence-electron chi connectivity index (χ1n) is 3.69. The van der Waals surface area contributed by atoms with Crippen LogP contribution in [-0.2, 0) is 11.2 Å². The molecule has 0 saturated carbocycles. The second-order valence-electron chi connectivity index (χ2n) is 2.55. The Hall–Kier alpha value is -0.900. The van der Waals surface area contributed by atoms with Gasteiger partial charge in [-0.1, -0.05) is 6.07 Å². The zero-order valence-corrected chi connectivity index (χ0v) is 8.69. The molecule has 0 unspecified atom stereocenters. The van der Waals surface area contributed by atoms with Gasteiger partial charge in [-0.3, -0.25) is 5.41 Å². The van der Waals surface area contributed by atoms with Crippen LogP contribution in [0, 0.1) is 11.2 Å². The minimum atomic E-state index is -0.318. The lowest BCUT2D eigenvalue weighted by Gasteiger charge is -2.03. The van der Waals surface area contributed by atoms with Gasteiger partial charge >= 0.3 is 0 Å². The molecular weight excluding hydrogens is 237 g/mol. The zero-order valence-electron chi connectivity index (χ0n) is 7.10. The Bertz CT molecular complexity index is 327. The molecule has 2 nitrogen and oxygen atoms in total. The summed E-state index contributed by atoms with van der Waals surface area (Å²) < 4.78 is 18.1. The third kappa shape index (κ3) is 2.81. The normalized spacial score (nSPS) is 9.77. The molecule has 0 aliphatic carbocycles. The van der Waals surface area contributed by atoms with E-state index >= 15 is 0 Å². The molecule has 0 radical (unpaired) electrons. The van der Waals surface area contributed by atoms with Crippen molar-refractivity contribution in [1.29, 1.82) is 5.41 Å². The van der Waals surface area contributed by atoms with Crippen LogP contribution in [0.2, 0.25) is 0 Å². The van der Waals surface area contributed by atoms with Crippen molar-refractivity contribution in [2.45, 2.75) is 6.42 Å². The van der Waals surface area contributed by atoms with Crippen LogP contribution in [0.5, 0.6) is 0 Å². The van der Waals surface area contributed by atoms with E-state index in [4.69, 9.17) is 5.41 Å². The van der Waals surface area contributed by atoms with Gasteiger partial charge in [-0.25, -0.2) is 4.39 Å². The van der Waals surface area contributed by atoms with Gasteiger partial charge < -0.3 is 4.74 Å². The molecule has 1 aromatic carbocycles. The molecule has 1 N–H and O–H groups in total. The lowest BCUT2D eigenvalue weighted by Crippen LogP contribution is -2.03. The summed E-state index contributed by atoms with van der Waals surface area (Å²) in [6.45, 7) is 0. The van der Waals surface area contributed by atoms with Crippen LogP contribution in [0.4, 0.5) is 4.39 Å². The van der Waals surface area contributed by atoms with E-state index < -0.39 is 0 Å². The Balaban J connectivity index is 2.79. The third-order valence-corrected chi connectivity index (χ3v) is 2.24. The van der Waals surface area contributed by atoms with Gasteiger partial charge in [0.05, 0.1) is 11.6 Å². The fraction of sp³-hybridized carbons (Fsp3) is 0.222. The van der Waals surface area contributed by atoms with E-state index in [-0.39, 0.29) is 11.7 Å². The van der Waals surface area contributed by atoms with Gasteiger partial charge in [0.25, 0.3) is 0 Å². The maximum Gasteiger partial charge on any atom is 0.184 e. The van der Waals surface area contributed by atoms with Gasteiger partial charge in [-0.15, -0.1) is 0 Å². The number of benzene rings is 1. The summed E-state index contributed by atoms with van der Waals surface area (Å²) in [6, 6.07) is 4.76. The molecule has 70 valence electrons. The number of rotatable bonds is 2. The summed E-state index contributed by atoms with van der Waals surface area (Å²) >= 11 is 3.05. The minimum Gasteiger partial charge on any atom is -0.484 e. The average Bonchev–Trinajstić information content (AvgIpc) is 2.11. The van der Waals surface area contributed by atoms with Gasteiger partial charge in [-0.05, 0) is 33.6 Å². The highest BCUT2D eigenvalue weighted by Gasteiger charge is 2.03. The number of methoxy groups -OCH3 is 1. The lowest BCUT2D eigenvalue weighted by atomic mass is 10.1. The molecular formula is C9H9BrFNO. The van der Waals surface area contributed by atoms with Gasteiger partial charge in [0.15, 0.2) is 5.90 Å². The first-order valence-corrected chi connectivity index (χ1v) is 4.48. The Morgan fingerprint density at radius 2 is 2.31 bits per heavy atom. The maximum atomic E-state index is 13.0. The van der Waals surface area contributed by atoms with Gasteiger partial charge in [0.1, 0.15) is 5.82 Å². The molecule has 0 fully saturated rings. The van der Waals surface area contributed by atoms with Gasteiger partial charge in [0, 0.05) is 6.42 Å². The molecule has 0 bridgehead atoms. The number of hydrogen-bond acceptors (Lipinski definition) is 2. The van der Waals surface area contributed by atoms with Crippen molar-refractivity contribution in [1.82, 2.24) is 0 Å². The van der Waals surface area contributed by atoms with Crippen LogP contribution in [0.15, 0.2) is 22.7 Å². The maximum absolute atomic E-state index is 13.0. The van der Waals surface area contributed by atoms with Crippen molar-refractivity contribution >= 4 is 21.8 Å². The third-order valence-electron chi connectivity index (χ3n) is 1.60. The van der Waals surface area contributed by atoms with E-state index in [0.29, 0.717) is 10.9 Å². The number of hydrogen-bond donors (Lipinski definition) is 1. The summed E-state index contributed by atoms with van der Waals surface area (Å²) in [7, 11) is 1.43. The fourth-order valence-electron chi connectivity index (χ4n) is 0.907. The smallest absolute Gasteiger partial charge is 0.184 e. The van der Waals surface area contributed by atoms with Crippen molar-refractivity contribution in [3.05, 3.63) is 34.1 Å². The molecule has 0 atom stereocenters. The highest BCUT2D eigenvalue weighted by atomic mass is 79.9. The van der Waals surface area contributed by atoms with E-state index in [1.807, 2.05) is 0 Å². The molecule has 0 spiro atoms. The van der Waals surface area contributed by atoms with Crippen LogP contribution < -0.4 is 0 Å². The van der Waals surface area contributed by atoms with Crippen molar-refractivity contribution in [3.8, 4) is 0 Å². The monoisotopic (exact) mass is 245 g/mol. The Labute approximate surface area is 84.4 Å². The van der Waals surface area contributed by atoms with Gasteiger partial charge in [0.2, 0.25) is 0 Å². The Morgan fingerprint density at radius 1 is 1.62 bits per heavy atom. The minimum absolute atomic E-state index is 0.127. The van der Waals surface area contributed by atoms with E-state index in [0.717, 1.165) is 5.56 Å². The number of ether oxygens (including phenoxy) is 1. The first kappa shape index (κ1) is 10.2. The van der Waals surface area contributed by atoms with Crippen molar-refractivity contribution in [2.75, 3.05) is 7.11 Å². The van der Waals surface area contributed by atoms with Crippen molar-refractivity contribution in [3.63, 3.8) is 0 Å². The van der Waals surface area contributed by atoms with E-state index in [9.17, 15) is 4.39 Å². The standard InChI is InChI=1S/C9H9BrFNO/c1-13-9(12)5-6-2-3-7(10)8(11)4-6/h2-4,12H,5H2,1H3. The molecule has 0 heterocycles. The van der Waals surface area contributed by atoms with Crippen LogP contribution in [-0.4, -0.2) is 13.0 Å². The molecule has 1 aromatic rings. The first-order chi connectivity index (χ1) is 6.13. The summed E-state index contributed by atoms with van der Waals surface area (Å²) in [5.41, 5.74) is 0.729. The topological polar surface area (TPSA) is 33.1 Å². The predicted molar refractivity (Wildman–Crippen MR) is 52.5 cm³/mol. The molecule has 13 heavy (non-hydrogen) atoms. The molecule has 0 aliphatic rings. The summed E-state index contributed by atoms with van der Waals surface area (Å²) in [5, 5.41) is 7.24. The summed E-state index contributed by atoms with van der Waals surface area (Å²) in [5.74, 6) is -0.192. The van der Waals surface area contributed by atoms with Crippen molar-refractivity contribution in [2.24, 2.45) is 0 Å². The quantitative estimate of drug-likeness (QED) is 0.631. The fourth-order valence-corrected chi connectivity index (χ4v) is 1.15. The highest BCUT2D eigenvalue weighted by Crippen LogP contribution is 2.16. The van der Waals surface area contributed by atoms with Crippen molar-refractivity contribution < 1.29 is 9.13 Å². The second kappa shape index (κ2) is 4.37. The number of nitrogens with one attached hydrogen (secondary N) is 1. The molecule has 0 saturated heterocycles. The molecule has 1 rings (SSSR count). The Kier molecular flexibility index (Phi) is 3.42. The SMILES string of the molecule is COC(=N)Cc1ccc(Br)c(F)c1. The molecule has 4 heteroatoms. The number of halogens is 2. The van der Waals surface area contributed by atoms with E-state index in [1.54, 1.807) is 12.1 Å². The molecule has 0 aliphatic heterocycles. The summed E-state index contributed by atoms with van der Waals surface area (Å²) in [6.07, 6.45) is 0.320. The van der Waals surface area contributed by atoms with Crippen LogP contribution in [0.1, 0.15) is 5.56 Å². The van der Waals surface area contributed by atoms with E-state index in [2.05, 4.69) is 20.7 Å². The second-order valence-corrected chi connectivity index (χ2v) is 3.41. The molecule has 0 amide bonds. The molecule has 0 aromatic heterocycles. The predicted octanol–water partition coefficient (Wildman–Crippen LogP) is 2.75.